The number of carbonyl (C=O) groups is 12. The number of guanidine groups is 3. The molecule has 107 heavy (non-hydrogen) atoms. The number of aliphatic carboxylic acids is 1. The molecule has 0 spiro atoms. The van der Waals surface area contributed by atoms with Gasteiger partial charge in [0.2, 0.25) is 65.0 Å². The number of imidazole rings is 2. The van der Waals surface area contributed by atoms with Crippen molar-refractivity contribution < 1.29 is 67.7 Å². The maximum absolute atomic E-state index is 14.9. The number of aromatic amines is 3. The van der Waals surface area contributed by atoms with Crippen molar-refractivity contribution in [2.24, 2.45) is 28.7 Å². The fourth-order valence-corrected chi connectivity index (χ4v) is 11.2. The monoisotopic (exact) mass is 1510 g/mol. The molecule has 0 aliphatic rings. The Hall–Kier alpha value is -12.0. The number of rotatable bonds is 47. The van der Waals surface area contributed by atoms with Crippen molar-refractivity contribution in [3.8, 4) is 5.75 Å². The average Bonchev–Trinajstić information content (AvgIpc) is 1.71. The van der Waals surface area contributed by atoms with E-state index in [1.165, 1.54) is 74.9 Å². The van der Waals surface area contributed by atoms with E-state index in [2.05, 4.69) is 94.0 Å². The normalized spacial score (nSPS) is 14.1. The van der Waals surface area contributed by atoms with Crippen molar-refractivity contribution in [2.45, 2.75) is 164 Å². The van der Waals surface area contributed by atoms with Crippen LogP contribution < -0.4 is 97.8 Å². The summed E-state index contributed by atoms with van der Waals surface area (Å²) in [4.78, 5) is 185. The number of hydrogen-bond donors (Lipinski definition) is 26. The number of benzene rings is 2. The minimum atomic E-state index is -1.71. The zero-order chi connectivity index (χ0) is 78.7. The van der Waals surface area contributed by atoms with Gasteiger partial charge in [-0.05, 0) is 107 Å². The lowest BCUT2D eigenvalue weighted by atomic mass is 10.0. The van der Waals surface area contributed by atoms with Gasteiger partial charge in [-0.2, -0.15) is 11.8 Å². The number of nitrogens with two attached hydrogens (primary N) is 5. The minimum absolute atomic E-state index is 0.0198. The standard InChI is InChI=1S/C66H98N26O14S/c1-34(53(95)83-35(2)54(96)85-44(11-6-21-77-64(69)70)58(100)92-51(63(105)106)25-36-14-16-40(93)17-15-36)84-60(102)48(26-37-29-80-43-10-5-4-9-41(37)43)90-56(98)45(12-7-22-78-65(71)72)86-59(101)47(18-19-52(68)94)88-62(104)50(28-39-31-76-33-82-39)91-57(99)46(13-8-23-79-66(73)74)87-61(103)49(27-38-30-75-32-81-38)89-55(97)42(67)20-24-107-3/h4-5,9-10,14-17,29-35,42,44-51,80,93H,6-8,11-13,18-28,67H2,1-3H3,(H2,68,94)(H,75,81)(H,76,82)(H,83,95)(H,84,102)(H,85,96)(H,86,101)(H,87,103)(H,88,104)(H,89,97)(H,90,98)(H,91,99)(H,92,100)(H,105,106)(H4,69,70,77)(H4,71,72,78)(H4,73,74,79)/t34-,35-,42-,44-,45-,46-,47-,48-,49-,50-,51-/m0/s1. The Labute approximate surface area is 619 Å². The van der Waals surface area contributed by atoms with E-state index in [1.54, 1.807) is 30.5 Å². The predicted octanol–water partition coefficient (Wildman–Crippen LogP) is -5.30. The van der Waals surface area contributed by atoms with Crippen LogP contribution in [0.1, 0.15) is 94.1 Å². The third-order valence-corrected chi connectivity index (χ3v) is 17.2. The number of carboxylic acid groups (broad SMARTS) is 1. The molecular weight excluding hydrogens is 1410 g/mol. The SMILES string of the molecule is CSCC[C@H](N)C(=O)N[C@@H](Cc1c[nH]cn1)C(=O)N[C@@H](CCCNC(=N)N)C(=O)N[C@@H](Cc1c[nH]cn1)C(=O)N[C@@H](CCC(N)=O)C(=O)N[C@@H](CCCNC(=N)N)C(=O)N[C@@H](Cc1c[nH]c2ccccc12)C(=O)N[C@@H](C)C(=O)N[C@@H](C)C(=O)N[C@@H](CCCNC(=N)N)C(=O)N[C@@H](Cc1ccc(O)cc1)C(=O)O. The first kappa shape index (κ1) is 85.6. The zero-order valence-electron chi connectivity index (χ0n) is 59.4. The minimum Gasteiger partial charge on any atom is -0.508 e. The number of phenolic OH excluding ortho intramolecular Hbond substituents is 1. The number of phenols is 1. The van der Waals surface area contributed by atoms with Crippen LogP contribution in [0, 0.1) is 16.2 Å². The fraction of sp³-hybridized carbons (Fsp3) is 0.470. The number of H-pyrrole nitrogens is 3. The molecule has 0 radical (unpaired) electrons. The molecular formula is C66H98N26O14S. The number of carboxylic acids is 1. The van der Waals surface area contributed by atoms with Gasteiger partial charge in [-0.1, -0.05) is 30.3 Å². The number of nitrogens with one attached hydrogen (secondary N) is 19. The Morgan fingerprint density at radius 3 is 1.31 bits per heavy atom. The van der Waals surface area contributed by atoms with Gasteiger partial charge in [0.1, 0.15) is 66.2 Å². The summed E-state index contributed by atoms with van der Waals surface area (Å²) in [6.45, 7) is 2.67. The Morgan fingerprint density at radius 2 is 0.869 bits per heavy atom. The average molecular weight is 1510 g/mol. The summed E-state index contributed by atoms with van der Waals surface area (Å²) in [6, 6.07) is -3.39. The van der Waals surface area contributed by atoms with Crippen molar-refractivity contribution in [1.82, 2.24) is 94.0 Å². The van der Waals surface area contributed by atoms with Crippen LogP contribution in [0.4, 0.5) is 0 Å². The Balaban J connectivity index is 1.40. The number of hydrogen-bond acceptors (Lipinski definition) is 20. The van der Waals surface area contributed by atoms with Crippen LogP contribution in [-0.4, -0.2) is 222 Å². The summed E-state index contributed by atoms with van der Waals surface area (Å²) in [5, 5.41) is 76.9. The number of para-hydroxylation sites is 1. The summed E-state index contributed by atoms with van der Waals surface area (Å²) in [5.74, 6) is -12.2. The van der Waals surface area contributed by atoms with Gasteiger partial charge in [0, 0.05) is 81.2 Å². The second-order valence-electron chi connectivity index (χ2n) is 25.1. The first-order valence-corrected chi connectivity index (χ1v) is 35.6. The van der Waals surface area contributed by atoms with Crippen LogP contribution in [0.25, 0.3) is 10.9 Å². The number of amides is 11. The first-order valence-electron chi connectivity index (χ1n) is 34.2. The van der Waals surface area contributed by atoms with Gasteiger partial charge in [-0.15, -0.1) is 0 Å². The van der Waals surface area contributed by atoms with Gasteiger partial charge in [0.05, 0.1) is 30.1 Å². The van der Waals surface area contributed by atoms with Gasteiger partial charge < -0.3 is 123 Å². The van der Waals surface area contributed by atoms with Crippen LogP contribution >= 0.6 is 11.8 Å². The molecule has 0 unspecified atom stereocenters. The lowest BCUT2D eigenvalue weighted by Gasteiger charge is -2.28. The summed E-state index contributed by atoms with van der Waals surface area (Å²) >= 11 is 1.46. The summed E-state index contributed by atoms with van der Waals surface area (Å²) < 4.78 is 0. The van der Waals surface area contributed by atoms with E-state index in [1.807, 2.05) is 6.26 Å². The molecule has 41 heteroatoms. The topological polar surface area (TPSA) is 676 Å². The van der Waals surface area contributed by atoms with Crippen molar-refractivity contribution in [2.75, 3.05) is 31.6 Å². The molecule has 3 heterocycles. The molecule has 582 valence electrons. The quantitative estimate of drug-likeness (QED) is 0.00983. The molecule has 0 saturated heterocycles. The molecule has 2 aromatic carbocycles. The molecule has 0 fully saturated rings. The molecule has 11 amide bonds. The smallest absolute Gasteiger partial charge is 0.326 e. The maximum atomic E-state index is 14.9. The second kappa shape index (κ2) is 43.9. The molecule has 31 N–H and O–H groups in total. The lowest BCUT2D eigenvalue weighted by molar-refractivity contribution is -0.142. The van der Waals surface area contributed by atoms with Crippen molar-refractivity contribution in [3.63, 3.8) is 0 Å². The molecule has 40 nitrogen and oxygen atoms in total. The molecule has 0 aliphatic carbocycles. The van der Waals surface area contributed by atoms with E-state index >= 15 is 0 Å². The fourth-order valence-electron chi connectivity index (χ4n) is 10.8. The number of fused-ring (bicyclic) bond motifs is 1. The van der Waals surface area contributed by atoms with Gasteiger partial charge >= 0.3 is 5.97 Å². The Kier molecular flexibility index (Phi) is 35.1. The molecule has 3 aromatic heterocycles. The van der Waals surface area contributed by atoms with E-state index in [0.29, 0.717) is 33.5 Å². The van der Waals surface area contributed by atoms with E-state index < -0.39 is 156 Å². The van der Waals surface area contributed by atoms with Gasteiger partial charge in [0.15, 0.2) is 17.9 Å². The molecule has 5 aromatic rings. The van der Waals surface area contributed by atoms with Gasteiger partial charge in [-0.3, -0.25) is 69.0 Å². The third kappa shape index (κ3) is 30.3. The number of primary amides is 1. The van der Waals surface area contributed by atoms with Crippen LogP contribution in [0.5, 0.6) is 5.75 Å². The molecule has 11 atom stereocenters. The first-order chi connectivity index (χ1) is 50.9. The van der Waals surface area contributed by atoms with Crippen LogP contribution in [0.15, 0.2) is 79.8 Å². The number of aromatic hydroxyl groups is 1. The maximum Gasteiger partial charge on any atom is 0.326 e. The molecule has 5 rings (SSSR count). The highest BCUT2D eigenvalue weighted by molar-refractivity contribution is 7.98. The summed E-state index contributed by atoms with van der Waals surface area (Å²) in [5.41, 5.74) is 30.5. The van der Waals surface area contributed by atoms with Crippen LogP contribution in [-0.2, 0) is 83.2 Å². The molecule has 0 bridgehead atoms. The van der Waals surface area contributed by atoms with E-state index in [-0.39, 0.29) is 114 Å². The van der Waals surface area contributed by atoms with Gasteiger partial charge in [-0.25, -0.2) is 14.8 Å². The van der Waals surface area contributed by atoms with E-state index in [4.69, 9.17) is 44.9 Å². The number of aromatic nitrogens is 5. The van der Waals surface area contributed by atoms with Crippen molar-refractivity contribution in [1.29, 1.82) is 16.2 Å². The van der Waals surface area contributed by atoms with E-state index in [9.17, 15) is 67.7 Å². The second-order valence-corrected chi connectivity index (χ2v) is 26.1. The molecule has 0 saturated carbocycles. The van der Waals surface area contributed by atoms with Crippen molar-refractivity contribution in [3.05, 3.63) is 102 Å². The molecule has 0 aliphatic heterocycles. The van der Waals surface area contributed by atoms with Gasteiger partial charge in [0.25, 0.3) is 0 Å². The van der Waals surface area contributed by atoms with E-state index in [0.717, 1.165) is 0 Å². The Bertz CT molecular complexity index is 3840. The predicted molar refractivity (Wildman–Crippen MR) is 394 cm³/mol. The van der Waals surface area contributed by atoms with Crippen molar-refractivity contribution >= 4 is 111 Å². The van der Waals surface area contributed by atoms with Crippen LogP contribution in [0.2, 0.25) is 0 Å². The zero-order valence-corrected chi connectivity index (χ0v) is 60.2. The van der Waals surface area contributed by atoms with Crippen LogP contribution in [0.3, 0.4) is 0 Å². The Morgan fingerprint density at radius 1 is 0.477 bits per heavy atom. The highest BCUT2D eigenvalue weighted by Gasteiger charge is 2.37. The number of carbonyl (C=O) groups excluding carboxylic acids is 11. The highest BCUT2D eigenvalue weighted by atomic mass is 32.2. The summed E-state index contributed by atoms with van der Waals surface area (Å²) in [6.07, 6.45) is 7.13. The number of nitrogens with zero attached hydrogens (tertiary/aromatic N) is 2. The largest absolute Gasteiger partial charge is 0.508 e. The lowest BCUT2D eigenvalue weighted by Crippen LogP contribution is -2.61. The highest BCUT2D eigenvalue weighted by Crippen LogP contribution is 2.20. The third-order valence-electron chi connectivity index (χ3n) is 16.6. The number of thioether (sulfide) groups is 1. The summed E-state index contributed by atoms with van der Waals surface area (Å²) in [7, 11) is 0.